The van der Waals surface area contributed by atoms with E-state index in [0.717, 1.165) is 5.56 Å². The number of methoxy groups -OCH3 is 1. The lowest BCUT2D eigenvalue weighted by atomic mass is 10.1. The topological polar surface area (TPSA) is 68.7 Å². The summed E-state index contributed by atoms with van der Waals surface area (Å²) in [6.45, 7) is 2.35. The van der Waals surface area contributed by atoms with E-state index in [0.29, 0.717) is 34.4 Å². The first-order chi connectivity index (χ1) is 13.1. The number of nitrogens with zero attached hydrogens (tertiary/aromatic N) is 2. The zero-order valence-corrected chi connectivity index (χ0v) is 15.1. The fourth-order valence-electron chi connectivity index (χ4n) is 3.34. The Balaban J connectivity index is 1.90. The van der Waals surface area contributed by atoms with E-state index in [4.69, 9.17) is 9.47 Å². The molecule has 1 aliphatic rings. The molecule has 1 aromatic heterocycles. The van der Waals surface area contributed by atoms with Crippen molar-refractivity contribution in [3.8, 4) is 5.75 Å². The lowest BCUT2D eigenvalue weighted by Crippen LogP contribution is -2.27. The van der Waals surface area contributed by atoms with Gasteiger partial charge < -0.3 is 9.47 Å². The van der Waals surface area contributed by atoms with Crippen LogP contribution in [0.2, 0.25) is 0 Å². The Morgan fingerprint density at radius 1 is 1.15 bits per heavy atom. The van der Waals surface area contributed by atoms with Gasteiger partial charge in [-0.15, -0.1) is 0 Å². The first-order valence-corrected chi connectivity index (χ1v) is 8.68. The van der Waals surface area contributed by atoms with E-state index >= 15 is 0 Å². The van der Waals surface area contributed by atoms with Crippen molar-refractivity contribution in [3.63, 3.8) is 0 Å². The number of anilines is 1. The Hall–Kier alpha value is -3.41. The minimum Gasteiger partial charge on any atom is -0.496 e. The van der Waals surface area contributed by atoms with E-state index in [9.17, 15) is 9.59 Å². The van der Waals surface area contributed by atoms with Crippen LogP contribution in [0.4, 0.5) is 5.82 Å². The summed E-state index contributed by atoms with van der Waals surface area (Å²) < 4.78 is 10.5. The summed E-state index contributed by atoms with van der Waals surface area (Å²) in [4.78, 5) is 31.4. The van der Waals surface area contributed by atoms with E-state index in [1.165, 1.54) is 0 Å². The Morgan fingerprint density at radius 3 is 2.63 bits per heavy atom. The normalized spacial score (nSPS) is 12.5. The van der Waals surface area contributed by atoms with Crippen molar-refractivity contribution >= 4 is 28.5 Å². The maximum atomic E-state index is 13.0. The number of hydrogen-bond acceptors (Lipinski definition) is 5. The molecule has 0 saturated heterocycles. The zero-order valence-electron chi connectivity index (χ0n) is 15.1. The summed E-state index contributed by atoms with van der Waals surface area (Å²) in [6, 6.07) is 14.8. The van der Waals surface area contributed by atoms with Gasteiger partial charge in [-0.2, -0.15) is 0 Å². The maximum Gasteiger partial charge on any atom is 0.357 e. The maximum absolute atomic E-state index is 13.0. The second-order valence-corrected chi connectivity index (χ2v) is 6.17. The van der Waals surface area contributed by atoms with E-state index in [1.807, 2.05) is 30.3 Å². The molecular formula is C21H18N2O4. The highest BCUT2D eigenvalue weighted by molar-refractivity contribution is 6.25. The van der Waals surface area contributed by atoms with E-state index in [-0.39, 0.29) is 18.2 Å². The summed E-state index contributed by atoms with van der Waals surface area (Å²) in [7, 11) is 1.56. The summed E-state index contributed by atoms with van der Waals surface area (Å²) in [5, 5.41) is 1.37. The molecular weight excluding hydrogens is 344 g/mol. The molecule has 0 aliphatic carbocycles. The van der Waals surface area contributed by atoms with Crippen molar-refractivity contribution in [1.82, 2.24) is 4.98 Å². The van der Waals surface area contributed by atoms with Crippen LogP contribution < -0.4 is 9.64 Å². The van der Waals surface area contributed by atoms with Crippen LogP contribution in [0.3, 0.4) is 0 Å². The lowest BCUT2D eigenvalue weighted by molar-refractivity contribution is 0.0519. The van der Waals surface area contributed by atoms with Gasteiger partial charge in [-0.3, -0.25) is 9.69 Å². The van der Waals surface area contributed by atoms with Gasteiger partial charge in [0.05, 0.1) is 25.8 Å². The monoisotopic (exact) mass is 362 g/mol. The highest BCUT2D eigenvalue weighted by Gasteiger charge is 2.33. The van der Waals surface area contributed by atoms with Crippen molar-refractivity contribution in [2.75, 3.05) is 18.6 Å². The third kappa shape index (κ3) is 2.79. The van der Waals surface area contributed by atoms with Gasteiger partial charge in [0.25, 0.3) is 5.91 Å². The van der Waals surface area contributed by atoms with E-state index in [1.54, 1.807) is 37.1 Å². The molecule has 0 atom stereocenters. The van der Waals surface area contributed by atoms with Gasteiger partial charge in [0.15, 0.2) is 5.69 Å². The van der Waals surface area contributed by atoms with Crippen molar-refractivity contribution in [2.24, 2.45) is 0 Å². The van der Waals surface area contributed by atoms with Gasteiger partial charge in [0.2, 0.25) is 0 Å². The van der Waals surface area contributed by atoms with Crippen molar-refractivity contribution in [2.45, 2.75) is 13.5 Å². The molecule has 0 bridgehead atoms. The number of hydrogen-bond donors (Lipinski definition) is 0. The van der Waals surface area contributed by atoms with E-state index < -0.39 is 5.97 Å². The van der Waals surface area contributed by atoms with E-state index in [2.05, 4.69) is 4.98 Å². The van der Waals surface area contributed by atoms with Gasteiger partial charge in [0.1, 0.15) is 11.6 Å². The largest absolute Gasteiger partial charge is 0.496 e. The van der Waals surface area contributed by atoms with Gasteiger partial charge in [-0.25, -0.2) is 9.78 Å². The average Bonchev–Trinajstić information content (AvgIpc) is 2.96. The highest BCUT2D eigenvalue weighted by Crippen LogP contribution is 2.41. The summed E-state index contributed by atoms with van der Waals surface area (Å²) in [6.07, 6.45) is 0. The Bertz CT molecular complexity index is 1050. The third-order valence-electron chi connectivity index (χ3n) is 4.56. The number of carbonyl (C=O) groups is 2. The fourth-order valence-corrected chi connectivity index (χ4v) is 3.34. The number of carbonyl (C=O) groups excluding carboxylic acids is 2. The molecule has 4 rings (SSSR count). The van der Waals surface area contributed by atoms with Crippen molar-refractivity contribution in [1.29, 1.82) is 0 Å². The molecule has 136 valence electrons. The SMILES string of the molecule is CCOC(=O)c1cc2c(OC)ccc3c2c(n1)N(Cc1ccccc1)C3=O. The van der Waals surface area contributed by atoms with Gasteiger partial charge in [0, 0.05) is 10.8 Å². The zero-order chi connectivity index (χ0) is 19.0. The van der Waals surface area contributed by atoms with Crippen LogP contribution in [0.15, 0.2) is 48.5 Å². The number of rotatable bonds is 5. The first-order valence-electron chi connectivity index (χ1n) is 8.68. The fraction of sp³-hybridized carbons (Fsp3) is 0.190. The standard InChI is InChI=1S/C21H18N2O4/c1-3-27-21(25)16-11-15-17(26-2)10-9-14-18(15)19(22-16)23(20(14)24)12-13-7-5-4-6-8-13/h4-11H,3,12H2,1-2H3. The number of esters is 1. The molecule has 2 heterocycles. The van der Waals surface area contributed by atoms with Crippen LogP contribution in [0.5, 0.6) is 5.75 Å². The highest BCUT2D eigenvalue weighted by atomic mass is 16.5. The van der Waals surface area contributed by atoms with Gasteiger partial charge in [-0.05, 0) is 30.7 Å². The minimum atomic E-state index is -0.526. The van der Waals surface area contributed by atoms with Crippen LogP contribution in [0, 0.1) is 0 Å². The van der Waals surface area contributed by atoms with Crippen LogP contribution in [0.1, 0.15) is 33.3 Å². The molecule has 2 aromatic carbocycles. The molecule has 0 spiro atoms. The molecule has 6 nitrogen and oxygen atoms in total. The second-order valence-electron chi connectivity index (χ2n) is 6.17. The van der Waals surface area contributed by atoms with Crippen LogP contribution in [0.25, 0.3) is 10.8 Å². The van der Waals surface area contributed by atoms with Crippen molar-refractivity contribution in [3.05, 3.63) is 65.4 Å². The van der Waals surface area contributed by atoms with Gasteiger partial charge >= 0.3 is 5.97 Å². The van der Waals surface area contributed by atoms with Crippen LogP contribution >= 0.6 is 0 Å². The lowest BCUT2D eigenvalue weighted by Gasteiger charge is -2.17. The van der Waals surface area contributed by atoms with Crippen LogP contribution in [-0.4, -0.2) is 30.6 Å². The molecule has 1 amide bonds. The number of amides is 1. The average molecular weight is 362 g/mol. The summed E-state index contributed by atoms with van der Waals surface area (Å²) >= 11 is 0. The Kier molecular flexibility index (Phi) is 4.24. The second kappa shape index (κ2) is 6.72. The number of aromatic nitrogens is 1. The third-order valence-corrected chi connectivity index (χ3v) is 4.56. The molecule has 0 N–H and O–H groups in total. The molecule has 0 unspecified atom stereocenters. The van der Waals surface area contributed by atoms with Gasteiger partial charge in [-0.1, -0.05) is 30.3 Å². The number of ether oxygens (including phenoxy) is 2. The minimum absolute atomic E-state index is 0.144. The molecule has 1 aliphatic heterocycles. The number of pyridine rings is 1. The molecule has 0 fully saturated rings. The van der Waals surface area contributed by atoms with Crippen molar-refractivity contribution < 1.29 is 19.1 Å². The quantitative estimate of drug-likeness (QED) is 0.649. The Labute approximate surface area is 156 Å². The molecule has 6 heteroatoms. The number of benzene rings is 2. The van der Waals surface area contributed by atoms with Crippen LogP contribution in [-0.2, 0) is 11.3 Å². The predicted octanol–water partition coefficient (Wildman–Crippen LogP) is 3.58. The molecule has 0 radical (unpaired) electrons. The Morgan fingerprint density at radius 2 is 1.93 bits per heavy atom. The molecule has 27 heavy (non-hydrogen) atoms. The molecule has 0 saturated carbocycles. The summed E-state index contributed by atoms with van der Waals surface area (Å²) in [5.41, 5.74) is 1.68. The predicted molar refractivity (Wildman–Crippen MR) is 101 cm³/mol. The smallest absolute Gasteiger partial charge is 0.357 e. The summed E-state index contributed by atoms with van der Waals surface area (Å²) in [5.74, 6) is 0.368. The molecule has 3 aromatic rings. The first kappa shape index (κ1) is 17.0.